The molecule has 2 aromatic heterocycles. The minimum Gasteiger partial charge on any atom is -0.347 e. The normalized spacial score (nSPS) is 10.5. The van der Waals surface area contributed by atoms with Crippen molar-refractivity contribution in [3.8, 4) is 16.9 Å². The van der Waals surface area contributed by atoms with Crippen LogP contribution >= 0.6 is 0 Å². The van der Waals surface area contributed by atoms with E-state index in [4.69, 9.17) is 5.10 Å². The molecule has 0 aliphatic rings. The molecule has 23 heavy (non-hydrogen) atoms. The van der Waals surface area contributed by atoms with Crippen LogP contribution in [0.25, 0.3) is 16.9 Å². The van der Waals surface area contributed by atoms with Crippen molar-refractivity contribution in [3.05, 3.63) is 77.4 Å². The maximum atomic E-state index is 11.9. The molecule has 2 heterocycles. The summed E-state index contributed by atoms with van der Waals surface area (Å²) in [5.41, 5.74) is 3.41. The standard InChI is InChI=1S/C18H18N4O/c1-4-19-18-13(2)17(14-10-11-21(3)16(23)12-14)20-22(18)15-8-6-5-7-9-15/h4-12,19H,1H2,2-3H3. The predicted octanol–water partition coefficient (Wildman–Crippen LogP) is 3.10. The molecule has 3 aromatic rings. The molecule has 116 valence electrons. The lowest BCUT2D eigenvalue weighted by molar-refractivity contribution is 0.858. The van der Waals surface area contributed by atoms with Gasteiger partial charge in [0.25, 0.3) is 5.56 Å². The minimum atomic E-state index is -0.0607. The Morgan fingerprint density at radius 2 is 1.96 bits per heavy atom. The Morgan fingerprint density at radius 1 is 1.22 bits per heavy atom. The van der Waals surface area contributed by atoms with Crippen LogP contribution in [0.5, 0.6) is 0 Å². The summed E-state index contributed by atoms with van der Waals surface area (Å²) < 4.78 is 3.36. The first kappa shape index (κ1) is 14.8. The zero-order chi connectivity index (χ0) is 16.4. The van der Waals surface area contributed by atoms with E-state index in [1.54, 1.807) is 25.5 Å². The molecule has 1 N–H and O–H groups in total. The largest absolute Gasteiger partial charge is 0.347 e. The summed E-state index contributed by atoms with van der Waals surface area (Å²) in [6, 6.07) is 13.3. The van der Waals surface area contributed by atoms with Crippen LogP contribution in [0.1, 0.15) is 5.56 Å². The highest BCUT2D eigenvalue weighted by Gasteiger charge is 2.16. The zero-order valence-corrected chi connectivity index (χ0v) is 13.2. The number of hydrogen-bond acceptors (Lipinski definition) is 3. The highest BCUT2D eigenvalue weighted by atomic mass is 16.1. The summed E-state index contributed by atoms with van der Waals surface area (Å²) in [5.74, 6) is 0.835. The van der Waals surface area contributed by atoms with E-state index in [9.17, 15) is 4.79 Å². The molecule has 1 aromatic carbocycles. The van der Waals surface area contributed by atoms with Crippen LogP contribution in [0.3, 0.4) is 0 Å². The van der Waals surface area contributed by atoms with E-state index in [1.807, 2.05) is 48.0 Å². The summed E-state index contributed by atoms with van der Waals surface area (Å²) in [6.07, 6.45) is 3.37. The summed E-state index contributed by atoms with van der Waals surface area (Å²) >= 11 is 0. The molecule has 5 heteroatoms. The van der Waals surface area contributed by atoms with Crippen LogP contribution in [0.2, 0.25) is 0 Å². The number of nitrogens with one attached hydrogen (secondary N) is 1. The van der Waals surface area contributed by atoms with Gasteiger partial charge in [-0.2, -0.15) is 5.10 Å². The molecule has 0 amide bonds. The number of nitrogens with zero attached hydrogens (tertiary/aromatic N) is 3. The van der Waals surface area contributed by atoms with Gasteiger partial charge in [-0.1, -0.05) is 24.8 Å². The third-order valence-electron chi connectivity index (χ3n) is 3.74. The quantitative estimate of drug-likeness (QED) is 0.806. The van der Waals surface area contributed by atoms with E-state index >= 15 is 0 Å². The van der Waals surface area contributed by atoms with E-state index in [-0.39, 0.29) is 5.56 Å². The van der Waals surface area contributed by atoms with Gasteiger partial charge in [0.05, 0.1) is 11.4 Å². The molecule has 0 spiro atoms. The van der Waals surface area contributed by atoms with Crippen molar-refractivity contribution in [2.24, 2.45) is 7.05 Å². The van der Waals surface area contributed by atoms with Crippen molar-refractivity contribution in [1.82, 2.24) is 14.3 Å². The summed E-state index contributed by atoms with van der Waals surface area (Å²) in [6.45, 7) is 5.71. The van der Waals surface area contributed by atoms with Crippen LogP contribution < -0.4 is 10.9 Å². The number of anilines is 1. The highest BCUT2D eigenvalue weighted by Crippen LogP contribution is 2.29. The van der Waals surface area contributed by atoms with E-state index in [0.717, 1.165) is 28.3 Å². The van der Waals surface area contributed by atoms with Gasteiger partial charge >= 0.3 is 0 Å². The fourth-order valence-electron chi connectivity index (χ4n) is 2.49. The first-order valence-corrected chi connectivity index (χ1v) is 7.31. The molecule has 0 bridgehead atoms. The molecular formula is C18H18N4O. The van der Waals surface area contributed by atoms with Crippen LogP contribution in [0, 0.1) is 6.92 Å². The Bertz CT molecular complexity index is 907. The third-order valence-corrected chi connectivity index (χ3v) is 3.74. The average molecular weight is 306 g/mol. The van der Waals surface area contributed by atoms with Gasteiger partial charge in [-0.05, 0) is 31.3 Å². The van der Waals surface area contributed by atoms with Crippen LogP contribution in [0.4, 0.5) is 5.82 Å². The Kier molecular flexibility index (Phi) is 3.85. The first-order valence-electron chi connectivity index (χ1n) is 7.31. The summed E-state index contributed by atoms with van der Waals surface area (Å²) in [5, 5.41) is 7.84. The first-order chi connectivity index (χ1) is 11.1. The average Bonchev–Trinajstić information content (AvgIpc) is 2.89. The third kappa shape index (κ3) is 2.68. The number of aryl methyl sites for hydroxylation is 1. The summed E-state index contributed by atoms with van der Waals surface area (Å²) in [4.78, 5) is 11.9. The van der Waals surface area contributed by atoms with Gasteiger partial charge in [-0.15, -0.1) is 0 Å². The molecular weight excluding hydrogens is 288 g/mol. The van der Waals surface area contributed by atoms with Gasteiger partial charge < -0.3 is 9.88 Å². The number of aromatic nitrogens is 3. The molecule has 0 fully saturated rings. The fraction of sp³-hybridized carbons (Fsp3) is 0.111. The maximum absolute atomic E-state index is 11.9. The molecule has 0 aliphatic carbocycles. The second-order valence-corrected chi connectivity index (χ2v) is 5.28. The molecule has 3 rings (SSSR count). The molecule has 0 aliphatic heterocycles. The van der Waals surface area contributed by atoms with E-state index in [0.29, 0.717) is 0 Å². The van der Waals surface area contributed by atoms with Gasteiger partial charge in [0, 0.05) is 30.4 Å². The number of para-hydroxylation sites is 1. The lowest BCUT2D eigenvalue weighted by atomic mass is 10.1. The van der Waals surface area contributed by atoms with Crippen LogP contribution in [-0.4, -0.2) is 14.3 Å². The smallest absolute Gasteiger partial charge is 0.250 e. The second-order valence-electron chi connectivity index (χ2n) is 5.28. The van der Waals surface area contributed by atoms with Crippen molar-refractivity contribution in [3.63, 3.8) is 0 Å². The van der Waals surface area contributed by atoms with Crippen LogP contribution in [0.15, 0.2) is 66.2 Å². The predicted molar refractivity (Wildman–Crippen MR) is 92.8 cm³/mol. The van der Waals surface area contributed by atoms with Gasteiger partial charge in [0.1, 0.15) is 5.82 Å². The van der Waals surface area contributed by atoms with Gasteiger partial charge in [0.15, 0.2) is 0 Å². The molecule has 0 unspecified atom stereocenters. The molecule has 0 saturated heterocycles. The Morgan fingerprint density at radius 3 is 2.61 bits per heavy atom. The van der Waals surface area contributed by atoms with E-state index in [2.05, 4.69) is 11.9 Å². The van der Waals surface area contributed by atoms with Crippen molar-refractivity contribution in [2.75, 3.05) is 5.32 Å². The minimum absolute atomic E-state index is 0.0607. The number of benzene rings is 1. The van der Waals surface area contributed by atoms with Gasteiger partial charge in [-0.25, -0.2) is 4.68 Å². The number of hydrogen-bond donors (Lipinski definition) is 1. The second kappa shape index (κ2) is 5.96. The highest BCUT2D eigenvalue weighted by molar-refractivity contribution is 5.70. The van der Waals surface area contributed by atoms with Crippen molar-refractivity contribution >= 4 is 5.82 Å². The monoisotopic (exact) mass is 306 g/mol. The van der Waals surface area contributed by atoms with Crippen LogP contribution in [-0.2, 0) is 7.05 Å². The molecule has 0 radical (unpaired) electrons. The Hall–Kier alpha value is -3.08. The zero-order valence-electron chi connectivity index (χ0n) is 13.2. The Balaban J connectivity index is 2.21. The molecule has 0 atom stereocenters. The summed E-state index contributed by atoms with van der Waals surface area (Å²) in [7, 11) is 1.73. The number of rotatable bonds is 4. The van der Waals surface area contributed by atoms with Gasteiger partial charge in [0.2, 0.25) is 0 Å². The molecule has 0 saturated carbocycles. The topological polar surface area (TPSA) is 51.9 Å². The van der Waals surface area contributed by atoms with Crippen molar-refractivity contribution in [1.29, 1.82) is 0 Å². The molecule has 5 nitrogen and oxygen atoms in total. The van der Waals surface area contributed by atoms with Crippen molar-refractivity contribution < 1.29 is 0 Å². The lowest BCUT2D eigenvalue weighted by Crippen LogP contribution is -2.14. The maximum Gasteiger partial charge on any atom is 0.250 e. The lowest BCUT2D eigenvalue weighted by Gasteiger charge is -2.07. The van der Waals surface area contributed by atoms with E-state index in [1.165, 1.54) is 4.57 Å². The Labute approximate surface area is 134 Å². The van der Waals surface area contributed by atoms with Crippen molar-refractivity contribution in [2.45, 2.75) is 6.92 Å². The van der Waals surface area contributed by atoms with E-state index < -0.39 is 0 Å². The SMILES string of the molecule is C=CNc1c(C)c(-c2ccn(C)c(=O)c2)nn1-c1ccccc1. The van der Waals surface area contributed by atoms with Gasteiger partial charge in [-0.3, -0.25) is 4.79 Å². The fourth-order valence-corrected chi connectivity index (χ4v) is 2.49. The number of pyridine rings is 1.